The van der Waals surface area contributed by atoms with E-state index >= 15 is 0 Å². The summed E-state index contributed by atoms with van der Waals surface area (Å²) in [5.74, 6) is -0.132. The molecule has 0 aliphatic heterocycles. The summed E-state index contributed by atoms with van der Waals surface area (Å²) in [6.07, 6.45) is 0. The Morgan fingerprint density at radius 3 is 1.48 bits per heavy atom. The molecule has 0 fully saturated rings. The normalized spacial score (nSPS) is 10.8. The number of benzene rings is 1. The first-order chi connectivity index (χ1) is 9.73. The van der Waals surface area contributed by atoms with Gasteiger partial charge in [-0.25, -0.2) is 0 Å². The Hall–Kier alpha value is -2.16. The summed E-state index contributed by atoms with van der Waals surface area (Å²) in [4.78, 5) is 23.9. The molecule has 110 valence electrons. The van der Waals surface area contributed by atoms with Crippen molar-refractivity contribution < 1.29 is 9.59 Å². The molecule has 2 rings (SSSR count). The second kappa shape index (κ2) is 5.32. The Labute approximate surface area is 125 Å². The first-order valence-corrected chi connectivity index (χ1v) is 7.06. The standard InChI is InChI=1S/C18H21NO2/c1-10-7-11(2)9-16(8-10)19-12(3)17(14(5)20)18(13(19)4)15(6)21/h7-9H,1-6H3. The van der Waals surface area contributed by atoms with E-state index in [1.165, 1.54) is 13.8 Å². The Bertz CT molecular complexity index is 693. The molecule has 0 aliphatic rings. The molecule has 1 aromatic carbocycles. The van der Waals surface area contributed by atoms with Crippen LogP contribution in [0.5, 0.6) is 0 Å². The molecule has 1 aromatic heterocycles. The van der Waals surface area contributed by atoms with Crippen molar-refractivity contribution in [3.8, 4) is 5.69 Å². The van der Waals surface area contributed by atoms with Crippen molar-refractivity contribution in [2.75, 3.05) is 0 Å². The van der Waals surface area contributed by atoms with Crippen LogP contribution >= 0.6 is 0 Å². The van der Waals surface area contributed by atoms with Crippen LogP contribution in [0.25, 0.3) is 5.69 Å². The highest BCUT2D eigenvalue weighted by Crippen LogP contribution is 2.28. The third kappa shape index (κ3) is 2.56. The molecule has 0 N–H and O–H groups in total. The number of ketones is 2. The maximum absolute atomic E-state index is 12.0. The van der Waals surface area contributed by atoms with Crippen LogP contribution in [-0.4, -0.2) is 16.1 Å². The molecule has 0 bridgehead atoms. The summed E-state index contributed by atoms with van der Waals surface area (Å²) >= 11 is 0. The zero-order valence-electron chi connectivity index (χ0n) is 13.5. The van der Waals surface area contributed by atoms with Gasteiger partial charge in [-0.3, -0.25) is 9.59 Å². The van der Waals surface area contributed by atoms with Crippen molar-refractivity contribution in [3.05, 3.63) is 51.8 Å². The van der Waals surface area contributed by atoms with Gasteiger partial charge in [0, 0.05) is 28.2 Å². The van der Waals surface area contributed by atoms with Gasteiger partial charge in [0.25, 0.3) is 0 Å². The van der Waals surface area contributed by atoms with Crippen LogP contribution in [0.1, 0.15) is 57.1 Å². The lowest BCUT2D eigenvalue weighted by Gasteiger charge is -2.12. The molecule has 0 atom stereocenters. The van der Waals surface area contributed by atoms with Gasteiger partial charge in [-0.2, -0.15) is 0 Å². The smallest absolute Gasteiger partial charge is 0.162 e. The summed E-state index contributed by atoms with van der Waals surface area (Å²) in [5.41, 5.74) is 6.05. The first-order valence-electron chi connectivity index (χ1n) is 7.06. The van der Waals surface area contributed by atoms with Gasteiger partial charge >= 0.3 is 0 Å². The van der Waals surface area contributed by atoms with Gasteiger partial charge in [0.1, 0.15) is 0 Å². The molecule has 0 unspecified atom stereocenters. The zero-order valence-corrected chi connectivity index (χ0v) is 13.5. The summed E-state index contributed by atoms with van der Waals surface area (Å²) in [6.45, 7) is 10.9. The maximum atomic E-state index is 12.0. The van der Waals surface area contributed by atoms with Gasteiger partial charge in [0.2, 0.25) is 0 Å². The van der Waals surface area contributed by atoms with Gasteiger partial charge in [-0.1, -0.05) is 6.07 Å². The first kappa shape index (κ1) is 15.2. The van der Waals surface area contributed by atoms with Gasteiger partial charge in [0.05, 0.1) is 0 Å². The summed E-state index contributed by atoms with van der Waals surface area (Å²) in [7, 11) is 0. The largest absolute Gasteiger partial charge is 0.317 e. The number of carbonyl (C=O) groups is 2. The van der Waals surface area contributed by atoms with Crippen molar-refractivity contribution >= 4 is 11.6 Å². The molecule has 3 heteroatoms. The van der Waals surface area contributed by atoms with E-state index in [0.717, 1.165) is 28.2 Å². The Morgan fingerprint density at radius 1 is 0.762 bits per heavy atom. The van der Waals surface area contributed by atoms with Crippen LogP contribution in [0.15, 0.2) is 18.2 Å². The molecule has 0 radical (unpaired) electrons. The lowest BCUT2D eigenvalue weighted by atomic mass is 10.0. The molecule has 1 heterocycles. The molecular weight excluding hydrogens is 262 g/mol. The topological polar surface area (TPSA) is 39.1 Å². The lowest BCUT2D eigenvalue weighted by Crippen LogP contribution is -2.02. The Balaban J connectivity index is 2.84. The van der Waals surface area contributed by atoms with Gasteiger partial charge in [-0.05, 0) is 64.8 Å². The summed E-state index contributed by atoms with van der Waals surface area (Å²) in [6, 6.07) is 6.25. The molecule has 21 heavy (non-hydrogen) atoms. The highest BCUT2D eigenvalue weighted by atomic mass is 16.1. The van der Waals surface area contributed by atoms with Crippen LogP contribution in [-0.2, 0) is 0 Å². The lowest BCUT2D eigenvalue weighted by molar-refractivity contribution is 0.0981. The SMILES string of the molecule is CC(=O)c1c(C(C)=O)c(C)n(-c2cc(C)cc(C)c2)c1C. The minimum Gasteiger partial charge on any atom is -0.317 e. The monoisotopic (exact) mass is 283 g/mol. The van der Waals surface area contributed by atoms with Crippen LogP contribution in [0.4, 0.5) is 0 Å². The average Bonchev–Trinajstić information content (AvgIpc) is 2.59. The number of aryl methyl sites for hydroxylation is 2. The van der Waals surface area contributed by atoms with E-state index in [0.29, 0.717) is 11.1 Å². The van der Waals surface area contributed by atoms with Crippen LogP contribution in [0.2, 0.25) is 0 Å². The van der Waals surface area contributed by atoms with Crippen LogP contribution < -0.4 is 0 Å². The van der Waals surface area contributed by atoms with E-state index in [2.05, 4.69) is 18.2 Å². The second-order valence-corrected chi connectivity index (χ2v) is 5.71. The molecule has 3 nitrogen and oxygen atoms in total. The molecule has 0 saturated heterocycles. The maximum Gasteiger partial charge on any atom is 0.162 e. The van der Waals surface area contributed by atoms with Gasteiger partial charge in [-0.15, -0.1) is 0 Å². The Morgan fingerprint density at radius 2 is 1.14 bits per heavy atom. The molecule has 2 aromatic rings. The predicted molar refractivity (Wildman–Crippen MR) is 84.7 cm³/mol. The van der Waals surface area contributed by atoms with Crippen molar-refractivity contribution in [1.29, 1.82) is 0 Å². The summed E-state index contributed by atoms with van der Waals surface area (Å²) < 4.78 is 2.01. The number of nitrogens with zero attached hydrogens (tertiary/aromatic N) is 1. The third-order valence-electron chi connectivity index (χ3n) is 3.81. The molecule has 0 spiro atoms. The fraction of sp³-hybridized carbons (Fsp3) is 0.333. The molecular formula is C18H21NO2. The summed E-state index contributed by atoms with van der Waals surface area (Å²) in [5, 5.41) is 0. The minimum absolute atomic E-state index is 0.0658. The molecule has 0 aliphatic carbocycles. The highest BCUT2D eigenvalue weighted by Gasteiger charge is 2.24. The average molecular weight is 283 g/mol. The fourth-order valence-electron chi connectivity index (χ4n) is 3.17. The molecule has 0 amide bonds. The Kier molecular flexibility index (Phi) is 3.86. The zero-order chi connectivity index (χ0) is 15.9. The number of Topliss-reactive ketones (excluding diaryl/α,β-unsaturated/α-hetero) is 2. The predicted octanol–water partition coefficient (Wildman–Crippen LogP) is 4.12. The highest BCUT2D eigenvalue weighted by molar-refractivity contribution is 6.09. The minimum atomic E-state index is -0.0658. The quantitative estimate of drug-likeness (QED) is 0.795. The van der Waals surface area contributed by atoms with Crippen LogP contribution in [0, 0.1) is 27.7 Å². The third-order valence-corrected chi connectivity index (χ3v) is 3.81. The molecule has 0 saturated carbocycles. The number of rotatable bonds is 3. The second-order valence-electron chi connectivity index (χ2n) is 5.71. The van der Waals surface area contributed by atoms with E-state index in [4.69, 9.17) is 0 Å². The number of carbonyl (C=O) groups excluding carboxylic acids is 2. The van der Waals surface area contributed by atoms with E-state index < -0.39 is 0 Å². The van der Waals surface area contributed by atoms with Gasteiger partial charge < -0.3 is 4.57 Å². The van der Waals surface area contributed by atoms with E-state index in [9.17, 15) is 9.59 Å². The number of aromatic nitrogens is 1. The number of hydrogen-bond acceptors (Lipinski definition) is 2. The van der Waals surface area contributed by atoms with Gasteiger partial charge in [0.15, 0.2) is 11.6 Å². The van der Waals surface area contributed by atoms with E-state index in [1.807, 2.05) is 32.3 Å². The number of hydrogen-bond donors (Lipinski definition) is 0. The van der Waals surface area contributed by atoms with Crippen molar-refractivity contribution in [2.24, 2.45) is 0 Å². The van der Waals surface area contributed by atoms with Crippen molar-refractivity contribution in [3.63, 3.8) is 0 Å². The van der Waals surface area contributed by atoms with Crippen molar-refractivity contribution in [2.45, 2.75) is 41.5 Å². The van der Waals surface area contributed by atoms with Crippen LogP contribution in [0.3, 0.4) is 0 Å². The van der Waals surface area contributed by atoms with Crippen molar-refractivity contribution in [1.82, 2.24) is 4.57 Å². The van der Waals surface area contributed by atoms with E-state index in [1.54, 1.807) is 0 Å². The fourth-order valence-corrected chi connectivity index (χ4v) is 3.17. The van der Waals surface area contributed by atoms with E-state index in [-0.39, 0.29) is 11.6 Å².